The summed E-state index contributed by atoms with van der Waals surface area (Å²) in [7, 11) is 0. The Bertz CT molecular complexity index is 1410. The van der Waals surface area contributed by atoms with E-state index in [-0.39, 0.29) is 42.0 Å². The summed E-state index contributed by atoms with van der Waals surface area (Å²) in [5, 5.41) is 15.4. The maximum absolute atomic E-state index is 13.7. The molecule has 1 aliphatic heterocycles. The van der Waals surface area contributed by atoms with Crippen LogP contribution in [0.4, 0.5) is 0 Å². The van der Waals surface area contributed by atoms with Crippen LogP contribution in [-0.4, -0.2) is 34.8 Å². The Labute approximate surface area is 260 Å². The summed E-state index contributed by atoms with van der Waals surface area (Å²) in [6.45, 7) is 4.22. The number of ketones is 1. The maximum Gasteiger partial charge on any atom is 0.306 e. The van der Waals surface area contributed by atoms with Gasteiger partial charge >= 0.3 is 5.97 Å². The summed E-state index contributed by atoms with van der Waals surface area (Å²) < 4.78 is 11.7. The first-order valence-corrected chi connectivity index (χ1v) is 16.2. The number of carbonyl (C=O) groups excluding carboxylic acids is 2. The van der Waals surface area contributed by atoms with Gasteiger partial charge in [-0.05, 0) is 97.6 Å². The van der Waals surface area contributed by atoms with Crippen molar-refractivity contribution >= 4 is 17.5 Å². The monoisotopic (exact) mass is 597 g/mol. The second-order valence-corrected chi connectivity index (χ2v) is 12.9. The third-order valence-electron chi connectivity index (χ3n) is 10.0. The molecular formula is C37H43NO6. The van der Waals surface area contributed by atoms with E-state index in [9.17, 15) is 14.7 Å². The molecule has 0 aromatic heterocycles. The highest BCUT2D eigenvalue weighted by Gasteiger charge is 2.49. The normalized spacial score (nSPS) is 32.9. The second kappa shape index (κ2) is 13.5. The van der Waals surface area contributed by atoms with E-state index in [2.05, 4.69) is 23.4 Å². The summed E-state index contributed by atoms with van der Waals surface area (Å²) in [5.74, 6) is 1.40. The van der Waals surface area contributed by atoms with Crippen LogP contribution in [0.5, 0.6) is 11.5 Å². The molecule has 2 fully saturated rings. The van der Waals surface area contributed by atoms with Crippen molar-refractivity contribution in [3.8, 4) is 11.5 Å². The van der Waals surface area contributed by atoms with Crippen LogP contribution < -0.4 is 4.74 Å². The second-order valence-electron chi connectivity index (χ2n) is 12.9. The van der Waals surface area contributed by atoms with Crippen molar-refractivity contribution in [2.24, 2.45) is 40.7 Å². The molecule has 44 heavy (non-hydrogen) atoms. The lowest BCUT2D eigenvalue weighted by Crippen LogP contribution is -2.33. The van der Waals surface area contributed by atoms with Gasteiger partial charge in [0.1, 0.15) is 24.2 Å². The lowest BCUT2D eigenvalue weighted by molar-refractivity contribution is -0.151. The fourth-order valence-electron chi connectivity index (χ4n) is 7.49. The molecule has 0 bridgehead atoms. The number of aliphatic hydroxyl groups excluding tert-OH is 1. The van der Waals surface area contributed by atoms with Crippen molar-refractivity contribution in [3.63, 3.8) is 0 Å². The van der Waals surface area contributed by atoms with Crippen LogP contribution in [0.2, 0.25) is 0 Å². The Balaban J connectivity index is 1.12. The molecule has 1 saturated heterocycles. The molecule has 0 amide bonds. The molecule has 7 nitrogen and oxygen atoms in total. The minimum absolute atomic E-state index is 0.0299. The van der Waals surface area contributed by atoms with Gasteiger partial charge in [0.2, 0.25) is 0 Å². The fourth-order valence-corrected chi connectivity index (χ4v) is 7.49. The Morgan fingerprint density at radius 1 is 0.932 bits per heavy atom. The van der Waals surface area contributed by atoms with Gasteiger partial charge in [-0.3, -0.25) is 9.59 Å². The average Bonchev–Trinajstić information content (AvgIpc) is 3.62. The number of hydrogen-bond acceptors (Lipinski definition) is 7. The molecule has 3 aliphatic carbocycles. The zero-order valence-electron chi connectivity index (χ0n) is 25.6. The number of para-hydroxylation sites is 1. The van der Waals surface area contributed by atoms with Crippen LogP contribution in [0.3, 0.4) is 0 Å². The van der Waals surface area contributed by atoms with Crippen molar-refractivity contribution in [1.29, 1.82) is 0 Å². The summed E-state index contributed by atoms with van der Waals surface area (Å²) in [6.07, 6.45) is 10.3. The number of aliphatic hydroxyl groups is 1. The van der Waals surface area contributed by atoms with Crippen LogP contribution in [-0.2, 0) is 25.8 Å². The Morgan fingerprint density at radius 3 is 2.48 bits per heavy atom. The van der Waals surface area contributed by atoms with E-state index < -0.39 is 12.0 Å². The lowest BCUT2D eigenvalue weighted by atomic mass is 9.70. The fraction of sp³-hybridized carbons (Fsp3) is 0.486. The molecule has 232 valence electrons. The molecule has 0 radical (unpaired) electrons. The highest BCUT2D eigenvalue weighted by Crippen LogP contribution is 2.53. The van der Waals surface area contributed by atoms with Crippen LogP contribution >= 0.6 is 0 Å². The topological polar surface area (TPSA) is 94.4 Å². The van der Waals surface area contributed by atoms with Crippen molar-refractivity contribution in [3.05, 3.63) is 84.0 Å². The van der Waals surface area contributed by atoms with E-state index in [0.717, 1.165) is 48.5 Å². The number of allylic oxidation sites excluding steroid dienone is 4. The predicted molar refractivity (Wildman–Crippen MR) is 168 cm³/mol. The number of benzene rings is 2. The number of esters is 1. The molecule has 0 spiro atoms. The van der Waals surface area contributed by atoms with Crippen LogP contribution in [0.15, 0.2) is 83.6 Å². The number of nitrogens with zero attached hydrogens (tertiary/aromatic N) is 1. The Hall–Kier alpha value is -3.71. The van der Waals surface area contributed by atoms with E-state index >= 15 is 0 Å². The molecule has 1 heterocycles. The number of oxime groups is 1. The smallest absolute Gasteiger partial charge is 0.306 e. The molecule has 2 aromatic rings. The van der Waals surface area contributed by atoms with Crippen LogP contribution in [0.1, 0.15) is 64.4 Å². The third-order valence-corrected chi connectivity index (χ3v) is 10.0. The molecular weight excluding hydrogens is 554 g/mol. The first-order valence-electron chi connectivity index (χ1n) is 16.2. The van der Waals surface area contributed by atoms with Crippen LogP contribution in [0.25, 0.3) is 0 Å². The van der Waals surface area contributed by atoms with Gasteiger partial charge in [-0.1, -0.05) is 67.6 Å². The lowest BCUT2D eigenvalue weighted by Gasteiger charge is -2.34. The van der Waals surface area contributed by atoms with Crippen molar-refractivity contribution in [2.75, 3.05) is 0 Å². The van der Waals surface area contributed by atoms with Crippen molar-refractivity contribution in [2.45, 2.75) is 77.6 Å². The first-order chi connectivity index (χ1) is 21.4. The maximum atomic E-state index is 13.7. The summed E-state index contributed by atoms with van der Waals surface area (Å²) in [4.78, 5) is 32.6. The number of hydrogen-bond donors (Lipinski definition) is 1. The number of Topliss-reactive ketones (excluding diaryl/α,β-unsaturated/α-hetero) is 1. The van der Waals surface area contributed by atoms with E-state index in [1.165, 1.54) is 0 Å². The summed E-state index contributed by atoms with van der Waals surface area (Å²) in [6, 6.07) is 17.5. The zero-order chi connectivity index (χ0) is 30.6. The highest BCUT2D eigenvalue weighted by molar-refractivity contribution is 5.99. The van der Waals surface area contributed by atoms with E-state index in [0.29, 0.717) is 36.9 Å². The van der Waals surface area contributed by atoms with E-state index in [4.69, 9.17) is 14.3 Å². The van der Waals surface area contributed by atoms with Crippen LogP contribution in [0, 0.1) is 35.5 Å². The minimum Gasteiger partial charge on any atom is -0.462 e. The van der Waals surface area contributed by atoms with Crippen molar-refractivity contribution < 1.29 is 29.0 Å². The molecule has 0 unspecified atom stereocenters. The van der Waals surface area contributed by atoms with Gasteiger partial charge in [0.15, 0.2) is 5.78 Å². The largest absolute Gasteiger partial charge is 0.462 e. The van der Waals surface area contributed by atoms with E-state index in [1.807, 2.05) is 68.4 Å². The molecule has 2 aromatic carbocycles. The molecule has 4 aliphatic rings. The molecule has 1 N–H and O–H groups in total. The Morgan fingerprint density at radius 2 is 1.70 bits per heavy atom. The van der Waals surface area contributed by atoms with Gasteiger partial charge in [0.05, 0.1) is 18.2 Å². The SMILES string of the molecule is CC[C@H]1CCC[C@H](O)[C@@H](C)C(=O)C2=C[C@@H]3[C@@H](C=C[C@@H]4C/C(=N/OCc5ccc(Oc6ccccc6)cc5)C[C@@H]34)[C@@H]2CC(=O)O1. The van der Waals surface area contributed by atoms with Gasteiger partial charge in [0.25, 0.3) is 0 Å². The number of carbonyl (C=O) groups is 2. The van der Waals surface area contributed by atoms with Gasteiger partial charge in [-0.15, -0.1) is 0 Å². The van der Waals surface area contributed by atoms with Crippen molar-refractivity contribution in [1.82, 2.24) is 0 Å². The summed E-state index contributed by atoms with van der Waals surface area (Å²) >= 11 is 0. The standard InChI is InChI=1S/C37H43NO6/c1-3-27-10-7-11-35(39)23(2)37(41)34-20-32-30(33(34)21-36(40)44-27)17-14-25-18-26(19-31(25)32)38-42-22-24-12-15-29(16-13-24)43-28-8-5-4-6-9-28/h4-6,8-9,12-17,20,23,25,27,30-33,35,39H,3,7,10-11,18-19,21-22H2,1-2H3/b38-26-/t23-,25-,27+,30-,31-,32-,33+,35+/m1/s1. The zero-order valence-corrected chi connectivity index (χ0v) is 25.6. The number of ether oxygens (including phenoxy) is 2. The van der Waals surface area contributed by atoms with Gasteiger partial charge in [-0.2, -0.15) is 0 Å². The summed E-state index contributed by atoms with van der Waals surface area (Å²) in [5.41, 5.74) is 2.73. The molecule has 8 atom stereocenters. The minimum atomic E-state index is -0.697. The van der Waals surface area contributed by atoms with E-state index in [1.54, 1.807) is 0 Å². The Kier molecular flexibility index (Phi) is 9.31. The number of rotatable bonds is 6. The van der Waals surface area contributed by atoms with Gasteiger partial charge < -0.3 is 19.4 Å². The molecule has 6 rings (SSSR count). The quantitative estimate of drug-likeness (QED) is 0.215. The molecule has 7 heteroatoms. The predicted octanol–water partition coefficient (Wildman–Crippen LogP) is 7.20. The highest BCUT2D eigenvalue weighted by atomic mass is 16.6. The third kappa shape index (κ3) is 6.68. The number of cyclic esters (lactones) is 1. The van der Waals surface area contributed by atoms with Gasteiger partial charge in [0, 0.05) is 11.8 Å². The number of fused-ring (bicyclic) bond motifs is 5. The first kappa shape index (κ1) is 30.3. The molecule has 1 saturated carbocycles. The average molecular weight is 598 g/mol. The van der Waals surface area contributed by atoms with Gasteiger partial charge in [-0.25, -0.2) is 0 Å².